The highest BCUT2D eigenvalue weighted by Gasteiger charge is 2.61. The lowest BCUT2D eigenvalue weighted by molar-refractivity contribution is -0.216. The number of carbonyl (C=O) groups is 1. The number of hydrogen-bond acceptors (Lipinski definition) is 4. The molecule has 0 spiro atoms. The maximum absolute atomic E-state index is 13.9. The van der Waals surface area contributed by atoms with E-state index in [4.69, 9.17) is 4.74 Å². The van der Waals surface area contributed by atoms with Gasteiger partial charge in [0, 0.05) is 18.8 Å². The molecular weight excluding hydrogens is 294 g/mol. The predicted octanol–water partition coefficient (Wildman–Crippen LogP) is 2.04. The Bertz CT molecular complexity index is 516. The van der Waals surface area contributed by atoms with E-state index in [0.717, 1.165) is 6.42 Å². The maximum Gasteiger partial charge on any atom is 0.352 e. The molecule has 1 aliphatic carbocycles. The molecule has 7 heteroatoms. The van der Waals surface area contributed by atoms with Crippen LogP contribution in [0.25, 0.3) is 0 Å². The average molecular weight is 314 g/mol. The largest absolute Gasteiger partial charge is 0.478 e. The molecule has 1 aromatic rings. The molecule has 0 bridgehead atoms. The fourth-order valence-corrected chi connectivity index (χ4v) is 2.14. The first-order valence-corrected chi connectivity index (χ1v) is 7.35. The Morgan fingerprint density at radius 1 is 1.50 bits per heavy atom. The van der Waals surface area contributed by atoms with Gasteiger partial charge in [0.25, 0.3) is 5.91 Å². The van der Waals surface area contributed by atoms with Gasteiger partial charge in [0.2, 0.25) is 5.88 Å². The molecule has 22 heavy (non-hydrogen) atoms. The Hall–Kier alpha value is -1.76. The number of nitrogens with zero attached hydrogens (tertiary/aromatic N) is 1. The molecule has 0 saturated heterocycles. The Kier molecular flexibility index (Phi) is 4.95. The van der Waals surface area contributed by atoms with Crippen LogP contribution in [-0.4, -0.2) is 34.1 Å². The van der Waals surface area contributed by atoms with E-state index >= 15 is 0 Å². The fraction of sp³-hybridized carbons (Fsp3) is 0.600. The summed E-state index contributed by atoms with van der Waals surface area (Å²) in [5.74, 6) is -4.78. The van der Waals surface area contributed by atoms with Crippen molar-refractivity contribution in [2.24, 2.45) is 0 Å². The van der Waals surface area contributed by atoms with E-state index in [2.05, 4.69) is 10.3 Å². The molecule has 1 aliphatic rings. The molecule has 0 unspecified atom stereocenters. The summed E-state index contributed by atoms with van der Waals surface area (Å²) < 4.78 is 33.0. The molecule has 1 amide bonds. The van der Waals surface area contributed by atoms with Gasteiger partial charge in [-0.15, -0.1) is 0 Å². The van der Waals surface area contributed by atoms with Gasteiger partial charge in [-0.25, -0.2) is 4.98 Å². The van der Waals surface area contributed by atoms with Crippen LogP contribution >= 0.6 is 0 Å². The van der Waals surface area contributed by atoms with Gasteiger partial charge in [-0.05, 0) is 31.2 Å². The Balaban J connectivity index is 1.88. The highest BCUT2D eigenvalue weighted by atomic mass is 19.3. The molecule has 0 aliphatic heterocycles. The van der Waals surface area contributed by atoms with E-state index in [1.54, 1.807) is 12.1 Å². The first-order chi connectivity index (χ1) is 10.4. The van der Waals surface area contributed by atoms with Gasteiger partial charge in [-0.1, -0.05) is 13.0 Å². The van der Waals surface area contributed by atoms with Gasteiger partial charge < -0.3 is 15.2 Å². The zero-order valence-electron chi connectivity index (χ0n) is 12.4. The van der Waals surface area contributed by atoms with Gasteiger partial charge in [0.05, 0.1) is 6.61 Å². The normalized spacial score (nSPS) is 16.7. The van der Waals surface area contributed by atoms with Gasteiger partial charge >= 0.3 is 5.92 Å². The van der Waals surface area contributed by atoms with Crippen molar-refractivity contribution >= 4 is 5.91 Å². The number of nitrogens with one attached hydrogen (secondary N) is 1. The number of alkyl halides is 2. The molecule has 5 nitrogen and oxygen atoms in total. The van der Waals surface area contributed by atoms with E-state index in [9.17, 15) is 18.7 Å². The number of pyridine rings is 1. The zero-order chi connectivity index (χ0) is 16.2. The third-order valence-electron chi connectivity index (χ3n) is 3.76. The van der Waals surface area contributed by atoms with E-state index in [1.807, 2.05) is 6.92 Å². The standard InChI is InChI=1S/C15H20F2N2O3/c1-2-8-22-12-5-4-11(9-18-12)10-19-13(20)15(16,17)14(21)6-3-7-14/h4-5,9,21H,2-3,6-8,10H2,1H3,(H,19,20). The molecule has 1 saturated carbocycles. The van der Waals surface area contributed by atoms with Crippen molar-refractivity contribution in [3.63, 3.8) is 0 Å². The van der Waals surface area contributed by atoms with Crippen LogP contribution in [0.2, 0.25) is 0 Å². The first kappa shape index (κ1) is 16.6. The second kappa shape index (κ2) is 6.56. The van der Waals surface area contributed by atoms with Gasteiger partial charge in [0.1, 0.15) is 5.60 Å². The van der Waals surface area contributed by atoms with Crippen molar-refractivity contribution in [2.45, 2.75) is 50.7 Å². The minimum atomic E-state index is -3.77. The van der Waals surface area contributed by atoms with Crippen LogP contribution in [0.1, 0.15) is 38.2 Å². The number of rotatable bonds is 7. The van der Waals surface area contributed by atoms with Crippen LogP contribution in [0.3, 0.4) is 0 Å². The van der Waals surface area contributed by atoms with Crippen LogP contribution in [0.5, 0.6) is 5.88 Å². The number of hydrogen-bond donors (Lipinski definition) is 2. The lowest BCUT2D eigenvalue weighted by atomic mass is 9.75. The molecule has 0 radical (unpaired) electrons. The van der Waals surface area contributed by atoms with E-state index < -0.39 is 17.4 Å². The van der Waals surface area contributed by atoms with Crippen molar-refractivity contribution in [1.82, 2.24) is 10.3 Å². The zero-order valence-corrected chi connectivity index (χ0v) is 12.4. The Labute approximate surface area is 127 Å². The summed E-state index contributed by atoms with van der Waals surface area (Å²) in [6.45, 7) is 2.44. The second-order valence-corrected chi connectivity index (χ2v) is 5.50. The van der Waals surface area contributed by atoms with Crippen molar-refractivity contribution in [3.05, 3.63) is 23.9 Å². The Morgan fingerprint density at radius 2 is 2.23 bits per heavy atom. The minimum Gasteiger partial charge on any atom is -0.478 e. The smallest absolute Gasteiger partial charge is 0.352 e. The van der Waals surface area contributed by atoms with Gasteiger partial charge in [-0.2, -0.15) is 8.78 Å². The summed E-state index contributed by atoms with van der Waals surface area (Å²) in [7, 11) is 0. The highest BCUT2D eigenvalue weighted by molar-refractivity contribution is 5.85. The van der Waals surface area contributed by atoms with E-state index in [-0.39, 0.29) is 19.4 Å². The van der Waals surface area contributed by atoms with E-state index in [1.165, 1.54) is 6.20 Å². The SMILES string of the molecule is CCCOc1ccc(CNC(=O)C(F)(F)C2(O)CCC2)cn1. The lowest BCUT2D eigenvalue weighted by Crippen LogP contribution is -2.60. The number of amides is 1. The summed E-state index contributed by atoms with van der Waals surface area (Å²) in [4.78, 5) is 15.6. The number of aromatic nitrogens is 1. The van der Waals surface area contributed by atoms with Crippen LogP contribution in [0, 0.1) is 0 Å². The first-order valence-electron chi connectivity index (χ1n) is 7.35. The fourth-order valence-electron chi connectivity index (χ4n) is 2.14. The monoisotopic (exact) mass is 314 g/mol. The lowest BCUT2D eigenvalue weighted by Gasteiger charge is -2.41. The Morgan fingerprint density at radius 3 is 2.73 bits per heavy atom. The highest BCUT2D eigenvalue weighted by Crippen LogP contribution is 2.44. The van der Waals surface area contributed by atoms with E-state index in [0.29, 0.717) is 24.5 Å². The quantitative estimate of drug-likeness (QED) is 0.808. The van der Waals surface area contributed by atoms with Gasteiger partial charge in [0.15, 0.2) is 0 Å². The van der Waals surface area contributed by atoms with Gasteiger partial charge in [-0.3, -0.25) is 4.79 Å². The maximum atomic E-state index is 13.9. The van der Waals surface area contributed by atoms with Crippen molar-refractivity contribution < 1.29 is 23.4 Å². The summed E-state index contributed by atoms with van der Waals surface area (Å²) in [6, 6.07) is 3.27. The van der Waals surface area contributed by atoms with Crippen LogP contribution in [-0.2, 0) is 11.3 Å². The number of aliphatic hydroxyl groups is 1. The number of carbonyl (C=O) groups excluding carboxylic acids is 1. The second-order valence-electron chi connectivity index (χ2n) is 5.50. The molecule has 2 rings (SSSR count). The summed E-state index contributed by atoms with van der Waals surface area (Å²) >= 11 is 0. The number of halogens is 2. The summed E-state index contributed by atoms with van der Waals surface area (Å²) in [5.41, 5.74) is -1.62. The summed E-state index contributed by atoms with van der Waals surface area (Å²) in [5, 5.41) is 11.8. The predicted molar refractivity (Wildman–Crippen MR) is 75.6 cm³/mol. The van der Waals surface area contributed by atoms with Crippen molar-refractivity contribution in [1.29, 1.82) is 0 Å². The van der Waals surface area contributed by atoms with Crippen LogP contribution < -0.4 is 10.1 Å². The topological polar surface area (TPSA) is 71.5 Å². The van der Waals surface area contributed by atoms with Crippen LogP contribution in [0.4, 0.5) is 8.78 Å². The molecule has 2 N–H and O–H groups in total. The summed E-state index contributed by atoms with van der Waals surface area (Å²) in [6.07, 6.45) is 2.71. The van der Waals surface area contributed by atoms with Crippen molar-refractivity contribution in [2.75, 3.05) is 6.61 Å². The van der Waals surface area contributed by atoms with Crippen LogP contribution in [0.15, 0.2) is 18.3 Å². The molecule has 1 heterocycles. The molecule has 1 fully saturated rings. The molecular formula is C15H20F2N2O3. The third kappa shape index (κ3) is 3.35. The molecule has 0 aromatic carbocycles. The third-order valence-corrected chi connectivity index (χ3v) is 3.76. The molecule has 122 valence electrons. The molecule has 0 atom stereocenters. The van der Waals surface area contributed by atoms with Crippen molar-refractivity contribution in [3.8, 4) is 5.88 Å². The molecule has 1 aromatic heterocycles. The average Bonchev–Trinajstić information content (AvgIpc) is 2.48. The minimum absolute atomic E-state index is 0.0571. The number of ether oxygens (including phenoxy) is 1.